The van der Waals surface area contributed by atoms with Crippen LogP contribution in [0, 0.1) is 0 Å². The Morgan fingerprint density at radius 3 is 1.52 bits per heavy atom. The van der Waals surface area contributed by atoms with Gasteiger partial charge in [-0.15, -0.1) is 0 Å². The average Bonchev–Trinajstić information content (AvgIpc) is 3.29. The molecule has 7 N–H and O–H groups in total. The molecule has 0 aliphatic carbocycles. The van der Waals surface area contributed by atoms with Gasteiger partial charge >= 0.3 is 11.9 Å². The third-order valence-corrected chi connectivity index (χ3v) is 11.6. The molecule has 0 radical (unpaired) electrons. The van der Waals surface area contributed by atoms with Crippen molar-refractivity contribution < 1.29 is 73.8 Å². The summed E-state index contributed by atoms with van der Waals surface area (Å²) in [4.78, 5) is 25.7. The van der Waals surface area contributed by atoms with E-state index >= 15 is 0 Å². The number of rotatable bonds is 37. The lowest BCUT2D eigenvalue weighted by Gasteiger charge is -2.42. The fraction of sp³-hybridized carbons (Fsp3) is 0.837. The third-order valence-electron chi connectivity index (χ3n) is 11.6. The van der Waals surface area contributed by atoms with Gasteiger partial charge in [0.25, 0.3) is 0 Å². The van der Waals surface area contributed by atoms with Gasteiger partial charge in [0.05, 0.1) is 19.8 Å². The maximum absolute atomic E-state index is 13.0. The van der Waals surface area contributed by atoms with Gasteiger partial charge in [-0.05, 0) is 64.2 Å². The molecule has 0 bridgehead atoms. The van der Waals surface area contributed by atoms with Crippen molar-refractivity contribution in [2.24, 2.45) is 0 Å². The van der Waals surface area contributed by atoms with Crippen molar-refractivity contribution in [2.75, 3.05) is 26.4 Å². The number of esters is 2. The van der Waals surface area contributed by atoms with Crippen LogP contribution >= 0.6 is 0 Å². The number of carbonyl (C=O) groups excluding carboxylic acids is 2. The number of carbonyl (C=O) groups is 2. The first-order valence-electron chi connectivity index (χ1n) is 24.6. The van der Waals surface area contributed by atoms with Crippen LogP contribution in [-0.4, -0.2) is 142 Å². The summed E-state index contributed by atoms with van der Waals surface area (Å²) in [6.07, 6.45) is 20.3. The molecular formula is C49H86O15. The zero-order valence-corrected chi connectivity index (χ0v) is 39.0. The van der Waals surface area contributed by atoms with Gasteiger partial charge in [-0.1, -0.05) is 127 Å². The van der Waals surface area contributed by atoms with Crippen molar-refractivity contribution in [3.05, 3.63) is 36.5 Å². The van der Waals surface area contributed by atoms with Gasteiger partial charge in [0.2, 0.25) is 0 Å². The average molecular weight is 915 g/mol. The molecule has 2 aliphatic rings. The number of unbranched alkanes of at least 4 members (excludes halogenated alkanes) is 17. The molecule has 4 unspecified atom stereocenters. The Bertz CT molecular complexity index is 1260. The number of allylic oxidation sites excluding steroid dienone is 6. The summed E-state index contributed by atoms with van der Waals surface area (Å²) >= 11 is 0. The monoisotopic (exact) mass is 915 g/mol. The zero-order chi connectivity index (χ0) is 46.8. The number of ether oxygens (including phenoxy) is 6. The predicted molar refractivity (Wildman–Crippen MR) is 243 cm³/mol. The minimum atomic E-state index is -1.77. The molecule has 0 amide bonds. The Hall–Kier alpha value is -2.28. The van der Waals surface area contributed by atoms with E-state index in [1.807, 2.05) is 0 Å². The topological polar surface area (TPSA) is 231 Å². The second-order valence-corrected chi connectivity index (χ2v) is 17.3. The molecule has 2 saturated heterocycles. The lowest BCUT2D eigenvalue weighted by atomic mass is 9.98. The fourth-order valence-electron chi connectivity index (χ4n) is 7.46. The van der Waals surface area contributed by atoms with Crippen LogP contribution in [0.4, 0.5) is 0 Å². The fourth-order valence-corrected chi connectivity index (χ4v) is 7.46. The molecule has 0 aromatic heterocycles. The Morgan fingerprint density at radius 2 is 0.953 bits per heavy atom. The molecule has 372 valence electrons. The van der Waals surface area contributed by atoms with Crippen molar-refractivity contribution >= 4 is 11.9 Å². The van der Waals surface area contributed by atoms with Crippen molar-refractivity contribution in [3.8, 4) is 0 Å². The highest BCUT2D eigenvalue weighted by atomic mass is 16.7. The summed E-state index contributed by atoms with van der Waals surface area (Å²) in [5.41, 5.74) is 0. The molecule has 2 aliphatic heterocycles. The van der Waals surface area contributed by atoms with Gasteiger partial charge in [-0.3, -0.25) is 9.59 Å². The lowest BCUT2D eigenvalue weighted by molar-refractivity contribution is -0.332. The molecule has 2 fully saturated rings. The van der Waals surface area contributed by atoms with E-state index < -0.39 is 92.7 Å². The summed E-state index contributed by atoms with van der Waals surface area (Å²) in [6, 6.07) is 0. The van der Waals surface area contributed by atoms with Gasteiger partial charge in [-0.2, -0.15) is 0 Å². The van der Waals surface area contributed by atoms with E-state index in [4.69, 9.17) is 28.4 Å². The van der Waals surface area contributed by atoms with E-state index in [0.29, 0.717) is 12.8 Å². The van der Waals surface area contributed by atoms with Crippen LogP contribution < -0.4 is 0 Å². The standard InChI is InChI=1S/C49H86O15/c1-3-5-7-9-11-13-15-17-19-21-23-25-27-29-31-40(51)59-34-37(62-41(52)32-30-28-26-24-22-20-18-16-14-12-10-8-6-4-2)35-60-48-47(58)45(56)43(54)39(64-48)36-61-49-46(57)44(55)42(53)38(33-50)63-49/h9,11,15-18,37-39,42-50,53-58H,3-8,10,12-14,19-36H2,1-2H3/b11-9+,17-15+,18-16+/t37-,38-,39-,42+,43+,44?,45?,46?,47?,48-,49-/m1/s1. The SMILES string of the molecule is CCCC/C=C/C/C=C/CCCCCCCC(=O)OC[C@H](CO[C@@H]1O[C@H](CO[C@@H]2O[C@H](CO)[C@H](O)C(O)C2O)[C@H](O)C(O)C1O)OC(=O)CCCCCCC/C=C/CCCCCCC. The zero-order valence-electron chi connectivity index (χ0n) is 39.0. The normalized spacial score (nSPS) is 26.9. The molecule has 2 rings (SSSR count). The Kier molecular flexibility index (Phi) is 33.3. The number of hydrogen-bond donors (Lipinski definition) is 7. The first-order valence-corrected chi connectivity index (χ1v) is 24.6. The van der Waals surface area contributed by atoms with E-state index in [1.54, 1.807) is 0 Å². The predicted octanol–water partition coefficient (Wildman–Crippen LogP) is 6.15. The summed E-state index contributed by atoms with van der Waals surface area (Å²) in [6.45, 7) is 2.50. The highest BCUT2D eigenvalue weighted by Gasteiger charge is 2.47. The van der Waals surface area contributed by atoms with E-state index in [0.717, 1.165) is 83.5 Å². The summed E-state index contributed by atoms with van der Waals surface area (Å²) in [7, 11) is 0. The smallest absolute Gasteiger partial charge is 0.306 e. The van der Waals surface area contributed by atoms with E-state index in [9.17, 15) is 45.3 Å². The van der Waals surface area contributed by atoms with Crippen LogP contribution in [0.2, 0.25) is 0 Å². The van der Waals surface area contributed by atoms with Gasteiger partial charge in [0.1, 0.15) is 55.4 Å². The second kappa shape index (κ2) is 36.8. The minimum Gasteiger partial charge on any atom is -0.462 e. The Balaban J connectivity index is 1.84. The van der Waals surface area contributed by atoms with Crippen LogP contribution in [-0.2, 0) is 38.0 Å². The minimum absolute atomic E-state index is 0.152. The highest BCUT2D eigenvalue weighted by Crippen LogP contribution is 2.26. The highest BCUT2D eigenvalue weighted by molar-refractivity contribution is 5.70. The van der Waals surface area contributed by atoms with Crippen LogP contribution in [0.25, 0.3) is 0 Å². The van der Waals surface area contributed by atoms with E-state index in [2.05, 4.69) is 50.3 Å². The molecule has 11 atom stereocenters. The molecular weight excluding hydrogens is 829 g/mol. The molecule has 64 heavy (non-hydrogen) atoms. The lowest BCUT2D eigenvalue weighted by Crippen LogP contribution is -2.61. The van der Waals surface area contributed by atoms with Crippen molar-refractivity contribution in [2.45, 2.75) is 235 Å². The first kappa shape index (κ1) is 57.8. The molecule has 0 spiro atoms. The van der Waals surface area contributed by atoms with Gasteiger partial charge < -0.3 is 64.2 Å². The van der Waals surface area contributed by atoms with Gasteiger partial charge in [0, 0.05) is 12.8 Å². The quantitative estimate of drug-likeness (QED) is 0.0211. The van der Waals surface area contributed by atoms with E-state index in [-0.39, 0.29) is 26.1 Å². The van der Waals surface area contributed by atoms with Crippen LogP contribution in [0.5, 0.6) is 0 Å². The second-order valence-electron chi connectivity index (χ2n) is 17.3. The van der Waals surface area contributed by atoms with Crippen LogP contribution in [0.1, 0.15) is 168 Å². The van der Waals surface area contributed by atoms with Crippen LogP contribution in [0.3, 0.4) is 0 Å². The van der Waals surface area contributed by atoms with Gasteiger partial charge in [-0.25, -0.2) is 0 Å². The maximum atomic E-state index is 13.0. The van der Waals surface area contributed by atoms with Crippen molar-refractivity contribution in [3.63, 3.8) is 0 Å². The summed E-state index contributed by atoms with van der Waals surface area (Å²) in [5, 5.41) is 72.0. The van der Waals surface area contributed by atoms with Gasteiger partial charge in [0.15, 0.2) is 18.7 Å². The van der Waals surface area contributed by atoms with Crippen LogP contribution in [0.15, 0.2) is 36.5 Å². The Labute approximate surface area is 383 Å². The molecule has 2 heterocycles. The molecule has 0 aromatic rings. The largest absolute Gasteiger partial charge is 0.462 e. The van der Waals surface area contributed by atoms with E-state index in [1.165, 1.54) is 44.9 Å². The maximum Gasteiger partial charge on any atom is 0.306 e. The third kappa shape index (κ3) is 25.0. The molecule has 0 aromatic carbocycles. The Morgan fingerprint density at radius 1 is 0.500 bits per heavy atom. The van der Waals surface area contributed by atoms with Crippen molar-refractivity contribution in [1.82, 2.24) is 0 Å². The van der Waals surface area contributed by atoms with Crippen molar-refractivity contribution in [1.29, 1.82) is 0 Å². The summed E-state index contributed by atoms with van der Waals surface area (Å²) in [5.74, 6) is -0.952. The number of aliphatic hydroxyl groups is 7. The number of aliphatic hydroxyl groups excluding tert-OH is 7. The first-order chi connectivity index (χ1) is 31.0. The molecule has 15 heteroatoms. The summed E-state index contributed by atoms with van der Waals surface area (Å²) < 4.78 is 33.5. The molecule has 0 saturated carbocycles. The molecule has 15 nitrogen and oxygen atoms in total. The number of hydrogen-bond acceptors (Lipinski definition) is 15.